The van der Waals surface area contributed by atoms with E-state index in [1.165, 1.54) is 12.4 Å². The number of hydrogen-bond acceptors (Lipinski definition) is 4. The van der Waals surface area contributed by atoms with E-state index in [1.807, 2.05) is 52.0 Å². The van der Waals surface area contributed by atoms with Crippen LogP contribution in [0.1, 0.15) is 56.5 Å². The first-order valence-electron chi connectivity index (χ1n) is 10.1. The molecule has 1 unspecified atom stereocenters. The van der Waals surface area contributed by atoms with Crippen molar-refractivity contribution >= 4 is 11.8 Å². The van der Waals surface area contributed by atoms with E-state index < -0.39 is 11.7 Å². The Kier molecular flexibility index (Phi) is 7.06. The van der Waals surface area contributed by atoms with Crippen molar-refractivity contribution in [3.05, 3.63) is 71.7 Å². The van der Waals surface area contributed by atoms with Gasteiger partial charge in [0.2, 0.25) is 0 Å². The highest BCUT2D eigenvalue weighted by atomic mass is 32.2. The molecule has 3 rings (SSSR count). The van der Waals surface area contributed by atoms with Crippen LogP contribution < -0.4 is 5.73 Å². The summed E-state index contributed by atoms with van der Waals surface area (Å²) in [5.74, 6) is 0.357. The summed E-state index contributed by atoms with van der Waals surface area (Å²) in [5.41, 5.74) is 7.92. The van der Waals surface area contributed by atoms with Crippen LogP contribution in [0.15, 0.2) is 64.6 Å². The molecule has 0 aliphatic rings. The van der Waals surface area contributed by atoms with Gasteiger partial charge in [0.05, 0.1) is 17.0 Å². The number of alkyl halides is 3. The van der Waals surface area contributed by atoms with Gasteiger partial charge in [-0.15, -0.1) is 0 Å². The molecule has 2 N–H and O–H groups in total. The van der Waals surface area contributed by atoms with Crippen LogP contribution in [-0.4, -0.2) is 9.97 Å². The van der Waals surface area contributed by atoms with Crippen LogP contribution in [0.4, 0.5) is 13.2 Å². The summed E-state index contributed by atoms with van der Waals surface area (Å²) in [7, 11) is 0. The number of rotatable bonds is 6. The molecule has 1 heterocycles. The number of nitrogens with two attached hydrogens (primary N) is 1. The third kappa shape index (κ3) is 5.46. The van der Waals surface area contributed by atoms with Gasteiger partial charge in [-0.05, 0) is 41.7 Å². The monoisotopic (exact) mass is 445 g/mol. The van der Waals surface area contributed by atoms with Crippen molar-refractivity contribution < 1.29 is 13.2 Å². The smallest absolute Gasteiger partial charge is 0.322 e. The highest BCUT2D eigenvalue weighted by Crippen LogP contribution is 2.43. The fourth-order valence-corrected chi connectivity index (χ4v) is 4.45. The van der Waals surface area contributed by atoms with E-state index in [1.54, 1.807) is 12.1 Å². The van der Waals surface area contributed by atoms with Gasteiger partial charge in [0.25, 0.3) is 0 Å². The fourth-order valence-electron chi connectivity index (χ4n) is 3.22. The maximum atomic E-state index is 14.0. The Bertz CT molecular complexity index is 1050. The molecule has 31 heavy (non-hydrogen) atoms. The quantitative estimate of drug-likeness (QED) is 0.440. The Morgan fingerprint density at radius 3 is 2.26 bits per heavy atom. The fraction of sp³-hybridized carbons (Fsp3) is 0.333. The Morgan fingerprint density at radius 1 is 0.903 bits per heavy atom. The van der Waals surface area contributed by atoms with E-state index in [0.29, 0.717) is 17.0 Å². The first-order valence-corrected chi connectivity index (χ1v) is 11.0. The first kappa shape index (κ1) is 23.3. The first-order chi connectivity index (χ1) is 14.6. The minimum atomic E-state index is -4.49. The Labute approximate surface area is 185 Å². The molecular formula is C24H26F3N3S. The Balaban J connectivity index is 2.04. The third-order valence-electron chi connectivity index (χ3n) is 5.09. The van der Waals surface area contributed by atoms with E-state index in [4.69, 9.17) is 5.73 Å². The minimum absolute atomic E-state index is 0.147. The lowest BCUT2D eigenvalue weighted by Crippen LogP contribution is -2.18. The van der Waals surface area contributed by atoms with Crippen LogP contribution in [0.3, 0.4) is 0 Å². The van der Waals surface area contributed by atoms with Gasteiger partial charge >= 0.3 is 6.18 Å². The molecule has 0 aliphatic heterocycles. The molecule has 0 amide bonds. The summed E-state index contributed by atoms with van der Waals surface area (Å²) in [6, 6.07) is 13.3. The zero-order chi connectivity index (χ0) is 22.8. The van der Waals surface area contributed by atoms with Crippen LogP contribution in [0.5, 0.6) is 0 Å². The van der Waals surface area contributed by atoms with Crippen molar-refractivity contribution in [2.24, 2.45) is 11.7 Å². The zero-order valence-electron chi connectivity index (χ0n) is 17.9. The van der Waals surface area contributed by atoms with Gasteiger partial charge in [0.15, 0.2) is 0 Å². The van der Waals surface area contributed by atoms with Crippen LogP contribution in [-0.2, 0) is 6.18 Å². The van der Waals surface area contributed by atoms with Crippen LogP contribution in [0.25, 0.3) is 11.3 Å². The molecule has 164 valence electrons. The summed E-state index contributed by atoms with van der Waals surface area (Å²) < 4.78 is 41.9. The average Bonchev–Trinajstić information content (AvgIpc) is 2.73. The van der Waals surface area contributed by atoms with Crippen molar-refractivity contribution in [1.82, 2.24) is 9.97 Å². The molecule has 1 aromatic heterocycles. The third-order valence-corrected chi connectivity index (χ3v) is 6.26. The Hall–Kier alpha value is -2.38. The highest BCUT2D eigenvalue weighted by Gasteiger charge is 2.34. The molecule has 2 aromatic carbocycles. The maximum Gasteiger partial charge on any atom is 0.417 e. The lowest BCUT2D eigenvalue weighted by Gasteiger charge is -2.18. The van der Waals surface area contributed by atoms with Gasteiger partial charge in [0, 0.05) is 21.4 Å². The van der Waals surface area contributed by atoms with Crippen molar-refractivity contribution in [3.8, 4) is 11.3 Å². The predicted molar refractivity (Wildman–Crippen MR) is 119 cm³/mol. The summed E-state index contributed by atoms with van der Waals surface area (Å²) in [4.78, 5) is 9.37. The number of nitrogens with zero attached hydrogens (tertiary/aromatic N) is 2. The normalized spacial score (nSPS) is 13.1. The number of hydrogen-bond donors (Lipinski definition) is 1. The number of halogens is 3. The molecule has 0 radical (unpaired) electrons. The van der Waals surface area contributed by atoms with Gasteiger partial charge in [-0.1, -0.05) is 63.7 Å². The van der Waals surface area contributed by atoms with E-state index in [9.17, 15) is 13.2 Å². The number of benzene rings is 2. The van der Waals surface area contributed by atoms with E-state index in [-0.39, 0.29) is 22.8 Å². The largest absolute Gasteiger partial charge is 0.417 e. The van der Waals surface area contributed by atoms with E-state index >= 15 is 0 Å². The lowest BCUT2D eigenvalue weighted by atomic mass is 10.00. The molecular weight excluding hydrogens is 419 g/mol. The summed E-state index contributed by atoms with van der Waals surface area (Å²) in [5, 5.41) is 0. The summed E-state index contributed by atoms with van der Waals surface area (Å²) >= 11 is 1.14. The zero-order valence-corrected chi connectivity index (χ0v) is 18.8. The summed E-state index contributed by atoms with van der Waals surface area (Å²) in [6.07, 6.45) is -3.14. The molecule has 0 aliphatic carbocycles. The van der Waals surface area contributed by atoms with Gasteiger partial charge in [-0.2, -0.15) is 13.2 Å². The van der Waals surface area contributed by atoms with Crippen LogP contribution >= 0.6 is 11.8 Å². The average molecular weight is 446 g/mol. The van der Waals surface area contributed by atoms with Gasteiger partial charge < -0.3 is 5.73 Å². The van der Waals surface area contributed by atoms with Crippen molar-refractivity contribution in [1.29, 1.82) is 0 Å². The molecule has 0 bridgehead atoms. The van der Waals surface area contributed by atoms with Crippen LogP contribution in [0.2, 0.25) is 0 Å². The number of aromatic nitrogens is 2. The molecule has 0 saturated carbocycles. The van der Waals surface area contributed by atoms with E-state index in [0.717, 1.165) is 28.3 Å². The second kappa shape index (κ2) is 9.40. The minimum Gasteiger partial charge on any atom is -0.322 e. The molecule has 1 atom stereocenters. The van der Waals surface area contributed by atoms with Gasteiger partial charge in [0.1, 0.15) is 6.33 Å². The predicted octanol–water partition coefficient (Wildman–Crippen LogP) is 7.09. The second-order valence-electron chi connectivity index (χ2n) is 8.10. The Morgan fingerprint density at radius 2 is 1.61 bits per heavy atom. The van der Waals surface area contributed by atoms with E-state index in [2.05, 4.69) is 9.97 Å². The molecule has 0 spiro atoms. The lowest BCUT2D eigenvalue weighted by molar-refractivity contribution is -0.139. The highest BCUT2D eigenvalue weighted by molar-refractivity contribution is 7.99. The summed E-state index contributed by atoms with van der Waals surface area (Å²) in [6.45, 7) is 7.99. The van der Waals surface area contributed by atoms with Crippen LogP contribution in [0, 0.1) is 5.92 Å². The van der Waals surface area contributed by atoms with Gasteiger partial charge in [-0.3, -0.25) is 0 Å². The SMILES string of the molecule is CC(C)c1ccccc1Sc1ccc(-c2cc(C(N)C(C)C)ncn2)cc1C(F)(F)F. The van der Waals surface area contributed by atoms with Crippen molar-refractivity contribution in [2.75, 3.05) is 0 Å². The molecule has 3 aromatic rings. The van der Waals surface area contributed by atoms with Gasteiger partial charge in [-0.25, -0.2) is 9.97 Å². The second-order valence-corrected chi connectivity index (χ2v) is 9.18. The van der Waals surface area contributed by atoms with Crippen molar-refractivity contribution in [2.45, 2.75) is 55.6 Å². The molecule has 0 fully saturated rings. The maximum absolute atomic E-state index is 14.0. The topological polar surface area (TPSA) is 51.8 Å². The molecule has 7 heteroatoms. The molecule has 0 saturated heterocycles. The van der Waals surface area contributed by atoms with Crippen molar-refractivity contribution in [3.63, 3.8) is 0 Å². The molecule has 3 nitrogen and oxygen atoms in total. The standard InChI is InChI=1S/C24H26F3N3S/c1-14(2)17-7-5-6-8-21(17)31-22-10-9-16(11-18(22)24(25,26)27)19-12-20(30-13-29-19)23(28)15(3)4/h5-15,23H,28H2,1-4H3.